The van der Waals surface area contributed by atoms with E-state index in [9.17, 15) is 9.59 Å². The lowest BCUT2D eigenvalue weighted by molar-refractivity contribution is -0.125. The van der Waals surface area contributed by atoms with E-state index in [1.165, 1.54) is 6.20 Å². The number of benzene rings is 3. The smallest absolute Gasteiger partial charge is 0.342 e. The minimum atomic E-state index is -1.10. The second kappa shape index (κ2) is 9.96. The maximum atomic E-state index is 13.2. The molecule has 0 spiro atoms. The van der Waals surface area contributed by atoms with E-state index in [-0.39, 0.29) is 5.56 Å². The average molecular weight is 440 g/mol. The van der Waals surface area contributed by atoms with Crippen LogP contribution >= 0.6 is 0 Å². The van der Waals surface area contributed by atoms with Crippen molar-refractivity contribution >= 4 is 17.6 Å². The Hall–Kier alpha value is -4.19. The molecule has 6 heteroatoms. The zero-order chi connectivity index (χ0) is 23.2. The highest BCUT2D eigenvalue weighted by Crippen LogP contribution is 2.24. The molecular weight excluding hydrogens is 414 g/mol. The molecule has 1 amide bonds. The summed E-state index contributed by atoms with van der Waals surface area (Å²) in [6, 6.07) is 24.6. The first-order valence-electron chi connectivity index (χ1n) is 10.7. The number of nitrogens with zero attached hydrogens (tertiary/aromatic N) is 2. The maximum absolute atomic E-state index is 13.2. The standard InChI is InChI=1S/C27H25N3O3/c1-19-13-14-20(2)24(15-19)29-26(31)25(22-11-7-4-8-12-22)33-27(32)23-16-28-30(18-23)17-21-9-5-3-6-10-21/h3-16,18,25H,17H2,1-2H3,(H,29,31). The number of nitrogens with one attached hydrogen (secondary N) is 1. The summed E-state index contributed by atoms with van der Waals surface area (Å²) in [6.45, 7) is 4.40. The molecule has 1 N–H and O–H groups in total. The minimum absolute atomic E-state index is 0.284. The number of rotatable bonds is 7. The van der Waals surface area contributed by atoms with Crippen molar-refractivity contribution in [3.63, 3.8) is 0 Å². The number of ether oxygens (including phenoxy) is 1. The van der Waals surface area contributed by atoms with Crippen LogP contribution in [0.15, 0.2) is 91.3 Å². The third kappa shape index (κ3) is 5.54. The topological polar surface area (TPSA) is 73.2 Å². The van der Waals surface area contributed by atoms with Crippen LogP contribution in [0.1, 0.15) is 38.7 Å². The minimum Gasteiger partial charge on any atom is -0.444 e. The van der Waals surface area contributed by atoms with Gasteiger partial charge in [-0.25, -0.2) is 4.79 Å². The summed E-state index contributed by atoms with van der Waals surface area (Å²) in [6.07, 6.45) is 1.98. The molecule has 0 saturated heterocycles. The van der Waals surface area contributed by atoms with Crippen LogP contribution in [0, 0.1) is 13.8 Å². The molecule has 0 saturated carbocycles. The number of carbonyl (C=O) groups is 2. The van der Waals surface area contributed by atoms with Gasteiger partial charge in [-0.15, -0.1) is 0 Å². The van der Waals surface area contributed by atoms with Crippen molar-refractivity contribution in [1.82, 2.24) is 9.78 Å². The Bertz CT molecular complexity index is 1250. The van der Waals surface area contributed by atoms with E-state index in [0.29, 0.717) is 17.8 Å². The van der Waals surface area contributed by atoms with Gasteiger partial charge >= 0.3 is 5.97 Å². The molecule has 4 aromatic rings. The van der Waals surface area contributed by atoms with E-state index in [1.54, 1.807) is 35.1 Å². The van der Waals surface area contributed by atoms with Crippen molar-refractivity contribution in [3.05, 3.63) is 119 Å². The zero-order valence-corrected chi connectivity index (χ0v) is 18.6. The molecule has 1 unspecified atom stereocenters. The first-order chi connectivity index (χ1) is 16.0. The average Bonchev–Trinajstić information content (AvgIpc) is 3.29. The Morgan fingerprint density at radius 3 is 2.39 bits per heavy atom. The van der Waals surface area contributed by atoms with Crippen LogP contribution in [-0.4, -0.2) is 21.7 Å². The van der Waals surface area contributed by atoms with E-state index in [4.69, 9.17) is 4.74 Å². The summed E-state index contributed by atoms with van der Waals surface area (Å²) < 4.78 is 7.35. The number of hydrogen-bond acceptors (Lipinski definition) is 4. The monoisotopic (exact) mass is 439 g/mol. The third-order valence-corrected chi connectivity index (χ3v) is 5.27. The molecule has 4 rings (SSSR count). The fraction of sp³-hybridized carbons (Fsp3) is 0.148. The van der Waals surface area contributed by atoms with Gasteiger partial charge in [-0.1, -0.05) is 72.8 Å². The van der Waals surface area contributed by atoms with Gasteiger partial charge in [0.25, 0.3) is 5.91 Å². The van der Waals surface area contributed by atoms with Gasteiger partial charge < -0.3 is 10.1 Å². The van der Waals surface area contributed by atoms with Crippen molar-refractivity contribution in [1.29, 1.82) is 0 Å². The lowest BCUT2D eigenvalue weighted by atomic mass is 10.1. The molecular formula is C27H25N3O3. The second-order valence-corrected chi connectivity index (χ2v) is 7.92. The number of aryl methyl sites for hydroxylation is 2. The number of carbonyl (C=O) groups excluding carboxylic acids is 2. The third-order valence-electron chi connectivity index (χ3n) is 5.27. The molecule has 1 heterocycles. The van der Waals surface area contributed by atoms with Gasteiger partial charge in [0.1, 0.15) is 0 Å². The zero-order valence-electron chi connectivity index (χ0n) is 18.6. The van der Waals surface area contributed by atoms with Gasteiger partial charge in [-0.05, 0) is 36.6 Å². The van der Waals surface area contributed by atoms with Gasteiger partial charge in [0, 0.05) is 17.4 Å². The first kappa shape index (κ1) is 22.0. The van der Waals surface area contributed by atoms with Gasteiger partial charge in [-0.3, -0.25) is 9.48 Å². The van der Waals surface area contributed by atoms with Crippen LogP contribution in [0.3, 0.4) is 0 Å². The second-order valence-electron chi connectivity index (χ2n) is 7.92. The first-order valence-corrected chi connectivity index (χ1v) is 10.7. The molecule has 33 heavy (non-hydrogen) atoms. The lowest BCUT2D eigenvalue weighted by Gasteiger charge is -2.18. The van der Waals surface area contributed by atoms with Crippen molar-refractivity contribution in [2.24, 2.45) is 0 Å². The van der Waals surface area contributed by atoms with E-state index >= 15 is 0 Å². The van der Waals surface area contributed by atoms with Crippen molar-refractivity contribution < 1.29 is 14.3 Å². The summed E-state index contributed by atoms with van der Waals surface area (Å²) >= 11 is 0. The number of anilines is 1. The number of amides is 1. The Balaban J connectivity index is 1.53. The highest BCUT2D eigenvalue weighted by atomic mass is 16.5. The molecule has 166 valence electrons. The van der Waals surface area contributed by atoms with Crippen LogP contribution in [0.4, 0.5) is 5.69 Å². The van der Waals surface area contributed by atoms with E-state index in [2.05, 4.69) is 10.4 Å². The van der Waals surface area contributed by atoms with Crippen LogP contribution in [0.5, 0.6) is 0 Å². The van der Waals surface area contributed by atoms with Crippen LogP contribution < -0.4 is 5.32 Å². The largest absolute Gasteiger partial charge is 0.444 e. The molecule has 0 aliphatic heterocycles. The summed E-state index contributed by atoms with van der Waals surface area (Å²) in [5.41, 5.74) is 4.57. The van der Waals surface area contributed by atoms with E-state index in [1.807, 2.05) is 68.4 Å². The van der Waals surface area contributed by atoms with E-state index in [0.717, 1.165) is 16.7 Å². The summed E-state index contributed by atoms with van der Waals surface area (Å²) in [5.74, 6) is -1.03. The Kier molecular flexibility index (Phi) is 6.64. The van der Waals surface area contributed by atoms with E-state index < -0.39 is 18.0 Å². The van der Waals surface area contributed by atoms with Gasteiger partial charge in [0.15, 0.2) is 0 Å². The van der Waals surface area contributed by atoms with Crippen LogP contribution in [-0.2, 0) is 16.1 Å². The highest BCUT2D eigenvalue weighted by Gasteiger charge is 2.26. The molecule has 1 aromatic heterocycles. The number of aromatic nitrogens is 2. The van der Waals surface area contributed by atoms with Crippen molar-refractivity contribution in [2.75, 3.05) is 5.32 Å². The maximum Gasteiger partial charge on any atom is 0.342 e. The number of esters is 1. The SMILES string of the molecule is Cc1ccc(C)c(NC(=O)C(OC(=O)c2cnn(Cc3ccccc3)c2)c2ccccc2)c1. The lowest BCUT2D eigenvalue weighted by Crippen LogP contribution is -2.26. The summed E-state index contributed by atoms with van der Waals surface area (Å²) in [7, 11) is 0. The Morgan fingerprint density at radius 1 is 0.970 bits per heavy atom. The highest BCUT2D eigenvalue weighted by molar-refractivity contribution is 5.98. The molecule has 6 nitrogen and oxygen atoms in total. The summed E-state index contributed by atoms with van der Waals surface area (Å²) in [5, 5.41) is 7.17. The van der Waals surface area contributed by atoms with Gasteiger partial charge in [-0.2, -0.15) is 5.10 Å². The van der Waals surface area contributed by atoms with Crippen molar-refractivity contribution in [3.8, 4) is 0 Å². The Labute approximate surface area is 192 Å². The predicted octanol–water partition coefficient (Wildman–Crippen LogP) is 5.09. The molecule has 0 radical (unpaired) electrons. The predicted molar refractivity (Wildman–Crippen MR) is 127 cm³/mol. The molecule has 0 aliphatic rings. The summed E-state index contributed by atoms with van der Waals surface area (Å²) in [4.78, 5) is 26.1. The normalized spacial score (nSPS) is 11.6. The van der Waals surface area contributed by atoms with Crippen LogP contribution in [0.25, 0.3) is 0 Å². The quantitative estimate of drug-likeness (QED) is 0.407. The Morgan fingerprint density at radius 2 is 1.67 bits per heavy atom. The molecule has 0 bridgehead atoms. The molecule has 1 atom stereocenters. The van der Waals surface area contributed by atoms with Gasteiger partial charge in [0.05, 0.1) is 18.3 Å². The molecule has 3 aromatic carbocycles. The number of hydrogen-bond donors (Lipinski definition) is 1. The molecule has 0 fully saturated rings. The van der Waals surface area contributed by atoms with Crippen LogP contribution in [0.2, 0.25) is 0 Å². The fourth-order valence-corrected chi connectivity index (χ4v) is 3.47. The fourth-order valence-electron chi connectivity index (χ4n) is 3.47. The van der Waals surface area contributed by atoms with Crippen molar-refractivity contribution in [2.45, 2.75) is 26.5 Å². The van der Waals surface area contributed by atoms with Gasteiger partial charge in [0.2, 0.25) is 6.10 Å². The molecule has 0 aliphatic carbocycles.